The van der Waals surface area contributed by atoms with Gasteiger partial charge in [-0.2, -0.15) is 0 Å². The van der Waals surface area contributed by atoms with E-state index >= 15 is 0 Å². The largest absolute Gasteiger partial charge is 0.465 e. The first-order valence-electron chi connectivity index (χ1n) is 7.64. The van der Waals surface area contributed by atoms with Crippen LogP contribution in [0.3, 0.4) is 0 Å². The second-order valence-electron chi connectivity index (χ2n) is 6.35. The van der Waals surface area contributed by atoms with Gasteiger partial charge in [0.25, 0.3) is 0 Å². The van der Waals surface area contributed by atoms with E-state index in [1.807, 2.05) is 6.92 Å². The molecule has 1 saturated heterocycles. The third-order valence-electron chi connectivity index (χ3n) is 5.46. The number of esters is 2. The molecule has 4 atom stereocenters. The van der Waals surface area contributed by atoms with Gasteiger partial charge in [0, 0.05) is 0 Å². The topological polar surface area (TPSA) is 61.8 Å². The summed E-state index contributed by atoms with van der Waals surface area (Å²) in [5, 5.41) is 0. The zero-order valence-corrected chi connectivity index (χ0v) is 12.6. The molecule has 3 aliphatic rings. The van der Waals surface area contributed by atoms with Gasteiger partial charge < -0.3 is 14.2 Å². The average molecular weight is 294 g/mol. The van der Waals surface area contributed by atoms with Crippen molar-refractivity contribution in [1.29, 1.82) is 0 Å². The summed E-state index contributed by atoms with van der Waals surface area (Å²) in [6, 6.07) is 0. The average Bonchev–Trinajstić information content (AvgIpc) is 2.68. The standard InChI is InChI=1S/C16H22O5/c1-4-6-9-20-16-11-7-8-14(16,3)21-13(18)15(16,10-11)12(17)19-5-2/h4,11H,1,5-10H2,2-3H3/t11-,14-,15+,16-/m1/s1. The fourth-order valence-corrected chi connectivity index (χ4v) is 4.63. The van der Waals surface area contributed by atoms with Crippen LogP contribution in [0.1, 0.15) is 39.5 Å². The first kappa shape index (κ1) is 14.6. The molecule has 0 radical (unpaired) electrons. The summed E-state index contributed by atoms with van der Waals surface area (Å²) < 4.78 is 17.0. The van der Waals surface area contributed by atoms with E-state index in [4.69, 9.17) is 14.2 Å². The van der Waals surface area contributed by atoms with Crippen LogP contribution in [-0.2, 0) is 23.8 Å². The molecule has 21 heavy (non-hydrogen) atoms. The summed E-state index contributed by atoms with van der Waals surface area (Å²) in [5.74, 6) is -0.781. The van der Waals surface area contributed by atoms with Crippen molar-refractivity contribution in [3.8, 4) is 0 Å². The van der Waals surface area contributed by atoms with E-state index in [1.165, 1.54) is 0 Å². The van der Waals surface area contributed by atoms with Gasteiger partial charge in [-0.15, -0.1) is 6.58 Å². The van der Waals surface area contributed by atoms with Crippen molar-refractivity contribution in [3.63, 3.8) is 0 Å². The van der Waals surface area contributed by atoms with Crippen LogP contribution >= 0.6 is 0 Å². The lowest BCUT2D eigenvalue weighted by molar-refractivity contribution is -0.243. The van der Waals surface area contributed by atoms with Crippen LogP contribution in [0.15, 0.2) is 12.7 Å². The monoisotopic (exact) mass is 294 g/mol. The van der Waals surface area contributed by atoms with Gasteiger partial charge in [0.1, 0.15) is 11.2 Å². The number of carbonyl (C=O) groups is 2. The van der Waals surface area contributed by atoms with Crippen LogP contribution in [-0.4, -0.2) is 36.4 Å². The fraction of sp³-hybridized carbons (Fsp3) is 0.750. The van der Waals surface area contributed by atoms with Crippen molar-refractivity contribution in [3.05, 3.63) is 12.7 Å². The zero-order valence-electron chi connectivity index (χ0n) is 12.6. The van der Waals surface area contributed by atoms with Gasteiger partial charge in [-0.05, 0) is 45.4 Å². The number of carbonyl (C=O) groups excluding carboxylic acids is 2. The summed E-state index contributed by atoms with van der Waals surface area (Å²) >= 11 is 0. The molecule has 0 unspecified atom stereocenters. The van der Waals surface area contributed by atoms with E-state index < -0.39 is 28.6 Å². The lowest BCUT2D eigenvalue weighted by Crippen LogP contribution is -2.72. The third kappa shape index (κ3) is 1.45. The second kappa shape index (κ2) is 4.57. The molecular weight excluding hydrogens is 272 g/mol. The third-order valence-corrected chi connectivity index (χ3v) is 5.46. The quantitative estimate of drug-likeness (QED) is 0.324. The SMILES string of the molecule is C=CCCO[C@]12[C@@H]3CC[C@@]1(C)OC(=O)[C@@]2(C(=O)OCC)C3. The van der Waals surface area contributed by atoms with E-state index in [2.05, 4.69) is 6.58 Å². The predicted octanol–water partition coefficient (Wildman–Crippen LogP) is 2.00. The van der Waals surface area contributed by atoms with Crippen molar-refractivity contribution in [2.45, 2.75) is 50.7 Å². The number of hydrogen-bond donors (Lipinski definition) is 0. The molecule has 1 heterocycles. The Kier molecular flexibility index (Phi) is 3.17. The first-order chi connectivity index (χ1) is 9.98. The minimum Gasteiger partial charge on any atom is -0.465 e. The first-order valence-corrected chi connectivity index (χ1v) is 7.64. The van der Waals surface area contributed by atoms with Gasteiger partial charge in [-0.25, -0.2) is 0 Å². The van der Waals surface area contributed by atoms with Crippen molar-refractivity contribution >= 4 is 11.9 Å². The maximum atomic E-state index is 12.5. The summed E-state index contributed by atoms with van der Waals surface area (Å²) in [6.45, 7) is 8.00. The smallest absolute Gasteiger partial charge is 0.327 e. The number of rotatable bonds is 6. The predicted molar refractivity (Wildman–Crippen MR) is 74.4 cm³/mol. The minimum absolute atomic E-state index is 0.183. The Morgan fingerprint density at radius 1 is 1.57 bits per heavy atom. The molecule has 116 valence electrons. The molecule has 1 aliphatic heterocycles. The highest BCUT2D eigenvalue weighted by Crippen LogP contribution is 2.73. The van der Waals surface area contributed by atoms with Gasteiger partial charge in [0.15, 0.2) is 5.41 Å². The molecule has 0 aromatic carbocycles. The Labute approximate surface area is 124 Å². The Bertz CT molecular complexity index is 501. The molecular formula is C16H22O5. The number of hydrogen-bond acceptors (Lipinski definition) is 5. The summed E-state index contributed by atoms with van der Waals surface area (Å²) in [7, 11) is 0. The summed E-state index contributed by atoms with van der Waals surface area (Å²) in [5.41, 5.74) is -2.84. The van der Waals surface area contributed by atoms with Gasteiger partial charge >= 0.3 is 11.9 Å². The van der Waals surface area contributed by atoms with E-state index in [1.54, 1.807) is 13.0 Å². The fourth-order valence-electron chi connectivity index (χ4n) is 4.63. The van der Waals surface area contributed by atoms with Crippen LogP contribution in [0, 0.1) is 11.3 Å². The van der Waals surface area contributed by atoms with Crippen LogP contribution < -0.4 is 0 Å². The van der Waals surface area contributed by atoms with Crippen LogP contribution in [0.2, 0.25) is 0 Å². The molecule has 5 nitrogen and oxygen atoms in total. The highest BCUT2D eigenvalue weighted by atomic mass is 16.6. The van der Waals surface area contributed by atoms with E-state index in [0.29, 0.717) is 19.4 Å². The lowest BCUT2D eigenvalue weighted by Gasteiger charge is -2.55. The number of ether oxygens (including phenoxy) is 3. The zero-order chi connectivity index (χ0) is 15.3. The van der Waals surface area contributed by atoms with Crippen molar-refractivity contribution in [2.24, 2.45) is 11.3 Å². The van der Waals surface area contributed by atoms with Gasteiger partial charge in [0.2, 0.25) is 0 Å². The van der Waals surface area contributed by atoms with E-state index in [-0.39, 0.29) is 12.5 Å². The molecule has 3 fully saturated rings. The maximum absolute atomic E-state index is 12.5. The molecule has 0 bridgehead atoms. The van der Waals surface area contributed by atoms with Crippen LogP contribution in [0.25, 0.3) is 0 Å². The Morgan fingerprint density at radius 2 is 2.33 bits per heavy atom. The highest BCUT2D eigenvalue weighted by molar-refractivity contribution is 6.06. The molecule has 0 spiro atoms. The Morgan fingerprint density at radius 3 is 3.00 bits per heavy atom. The van der Waals surface area contributed by atoms with Gasteiger partial charge in [-0.1, -0.05) is 6.08 Å². The van der Waals surface area contributed by atoms with E-state index in [0.717, 1.165) is 12.8 Å². The highest BCUT2D eigenvalue weighted by Gasteiger charge is 2.89. The Hall–Kier alpha value is -1.36. The normalized spacial score (nSPS) is 43.0. The Balaban J connectivity index is 2.00. The molecule has 0 aromatic heterocycles. The van der Waals surface area contributed by atoms with Crippen molar-refractivity contribution in [1.82, 2.24) is 0 Å². The molecule has 5 heteroatoms. The van der Waals surface area contributed by atoms with Gasteiger partial charge in [-0.3, -0.25) is 9.59 Å². The summed E-state index contributed by atoms with van der Waals surface area (Å²) in [6.07, 6.45) is 4.58. The van der Waals surface area contributed by atoms with Gasteiger partial charge in [0.05, 0.1) is 13.2 Å². The molecule has 2 aliphatic carbocycles. The van der Waals surface area contributed by atoms with Crippen molar-refractivity contribution < 1.29 is 23.8 Å². The molecule has 3 rings (SSSR count). The van der Waals surface area contributed by atoms with Crippen LogP contribution in [0.4, 0.5) is 0 Å². The van der Waals surface area contributed by atoms with Crippen molar-refractivity contribution in [2.75, 3.05) is 13.2 Å². The van der Waals surface area contributed by atoms with Crippen LogP contribution in [0.5, 0.6) is 0 Å². The summed E-state index contributed by atoms with van der Waals surface area (Å²) in [4.78, 5) is 25.0. The van der Waals surface area contributed by atoms with E-state index in [9.17, 15) is 9.59 Å². The molecule has 0 N–H and O–H groups in total. The minimum atomic E-state index is -1.26. The molecule has 2 saturated carbocycles. The lowest BCUT2D eigenvalue weighted by atomic mass is 9.50. The molecule has 0 amide bonds. The maximum Gasteiger partial charge on any atom is 0.327 e. The molecule has 0 aromatic rings. The second-order valence-corrected chi connectivity index (χ2v) is 6.35.